The van der Waals surface area contributed by atoms with E-state index in [9.17, 15) is 4.79 Å². The van der Waals surface area contributed by atoms with Crippen molar-refractivity contribution in [3.63, 3.8) is 0 Å². The third kappa shape index (κ3) is 2.76. The van der Waals surface area contributed by atoms with Crippen LogP contribution in [0.25, 0.3) is 0 Å². The number of anilines is 1. The lowest BCUT2D eigenvalue weighted by atomic mass is 10.3. The van der Waals surface area contributed by atoms with Crippen LogP contribution in [0.4, 0.5) is 5.82 Å². The van der Waals surface area contributed by atoms with Gasteiger partial charge in [-0.25, -0.2) is 4.79 Å². The van der Waals surface area contributed by atoms with Gasteiger partial charge in [0.05, 0.1) is 12.7 Å². The summed E-state index contributed by atoms with van der Waals surface area (Å²) >= 11 is 0. The number of nitrogens with zero attached hydrogens (tertiary/aromatic N) is 3. The van der Waals surface area contributed by atoms with E-state index < -0.39 is 5.97 Å². The molecular formula is C12H17N3O3. The molecule has 1 aromatic heterocycles. The van der Waals surface area contributed by atoms with Crippen LogP contribution in [0.15, 0.2) is 12.1 Å². The van der Waals surface area contributed by atoms with E-state index in [0.717, 1.165) is 25.3 Å². The van der Waals surface area contributed by atoms with Gasteiger partial charge in [-0.3, -0.25) is 0 Å². The number of esters is 1. The molecule has 0 aliphatic carbocycles. The number of methoxy groups -OCH3 is 1. The number of aromatic nitrogens is 2. The number of carbonyl (C=O) groups excluding carboxylic acids is 1. The molecule has 1 saturated heterocycles. The maximum atomic E-state index is 11.4. The molecule has 98 valence electrons. The summed E-state index contributed by atoms with van der Waals surface area (Å²) in [7, 11) is 1.71. The second-order valence-electron chi connectivity index (χ2n) is 4.09. The van der Waals surface area contributed by atoms with Gasteiger partial charge in [0.25, 0.3) is 0 Å². The molecule has 6 nitrogen and oxygen atoms in total. The largest absolute Gasteiger partial charge is 0.461 e. The van der Waals surface area contributed by atoms with Crippen LogP contribution in [0.1, 0.15) is 23.8 Å². The summed E-state index contributed by atoms with van der Waals surface area (Å²) in [6.07, 6.45) is 1.23. The van der Waals surface area contributed by atoms with Crippen molar-refractivity contribution in [1.29, 1.82) is 0 Å². The molecule has 2 rings (SSSR count). The van der Waals surface area contributed by atoms with Gasteiger partial charge in [0.15, 0.2) is 11.5 Å². The molecule has 0 amide bonds. The summed E-state index contributed by atoms with van der Waals surface area (Å²) in [5, 5.41) is 7.94. The van der Waals surface area contributed by atoms with Gasteiger partial charge in [0, 0.05) is 20.2 Å². The van der Waals surface area contributed by atoms with E-state index in [1.54, 1.807) is 26.2 Å². The number of carbonyl (C=O) groups is 1. The van der Waals surface area contributed by atoms with Gasteiger partial charge in [-0.1, -0.05) is 0 Å². The maximum Gasteiger partial charge on any atom is 0.358 e. The van der Waals surface area contributed by atoms with Gasteiger partial charge in [-0.2, -0.15) is 0 Å². The molecule has 1 atom stereocenters. The third-order valence-electron chi connectivity index (χ3n) is 2.94. The van der Waals surface area contributed by atoms with E-state index in [-0.39, 0.29) is 11.8 Å². The lowest BCUT2D eigenvalue weighted by molar-refractivity contribution is 0.0518. The molecule has 6 heteroatoms. The van der Waals surface area contributed by atoms with Crippen LogP contribution in [-0.4, -0.2) is 49.1 Å². The third-order valence-corrected chi connectivity index (χ3v) is 2.94. The highest BCUT2D eigenvalue weighted by molar-refractivity contribution is 5.87. The Hall–Kier alpha value is -1.69. The first-order valence-electron chi connectivity index (χ1n) is 6.03. The van der Waals surface area contributed by atoms with Crippen molar-refractivity contribution in [2.45, 2.75) is 19.4 Å². The average molecular weight is 251 g/mol. The predicted octanol–water partition coefficient (Wildman–Crippen LogP) is 0.878. The first kappa shape index (κ1) is 12.8. The minimum atomic E-state index is -0.437. The number of hydrogen-bond acceptors (Lipinski definition) is 6. The topological polar surface area (TPSA) is 64.5 Å². The monoisotopic (exact) mass is 251 g/mol. The molecule has 1 fully saturated rings. The highest BCUT2D eigenvalue weighted by Gasteiger charge is 2.23. The lowest BCUT2D eigenvalue weighted by Crippen LogP contribution is -2.23. The van der Waals surface area contributed by atoms with E-state index >= 15 is 0 Å². The smallest absolute Gasteiger partial charge is 0.358 e. The van der Waals surface area contributed by atoms with Gasteiger partial charge in [0.1, 0.15) is 0 Å². The van der Waals surface area contributed by atoms with Crippen LogP contribution >= 0.6 is 0 Å². The molecule has 0 bridgehead atoms. The Bertz CT molecular complexity index is 408. The van der Waals surface area contributed by atoms with Crippen molar-refractivity contribution in [2.75, 3.05) is 31.7 Å². The summed E-state index contributed by atoms with van der Waals surface area (Å²) in [5.41, 5.74) is 0.239. The van der Waals surface area contributed by atoms with E-state index in [4.69, 9.17) is 9.47 Å². The Balaban J connectivity index is 2.02. The summed E-state index contributed by atoms with van der Waals surface area (Å²) in [6, 6.07) is 3.43. The zero-order valence-electron chi connectivity index (χ0n) is 10.6. The van der Waals surface area contributed by atoms with Crippen LogP contribution in [0.5, 0.6) is 0 Å². The van der Waals surface area contributed by atoms with Crippen molar-refractivity contribution in [3.8, 4) is 0 Å². The molecule has 2 heterocycles. The van der Waals surface area contributed by atoms with Crippen molar-refractivity contribution >= 4 is 11.8 Å². The molecule has 0 aromatic carbocycles. The van der Waals surface area contributed by atoms with E-state index in [1.165, 1.54) is 0 Å². The minimum Gasteiger partial charge on any atom is -0.461 e. The fourth-order valence-corrected chi connectivity index (χ4v) is 1.94. The molecule has 1 aliphatic rings. The number of hydrogen-bond donors (Lipinski definition) is 0. The molecule has 0 N–H and O–H groups in total. The Kier molecular flexibility index (Phi) is 4.09. The van der Waals surface area contributed by atoms with Crippen LogP contribution in [0.3, 0.4) is 0 Å². The van der Waals surface area contributed by atoms with Crippen LogP contribution < -0.4 is 4.90 Å². The normalized spacial score (nSPS) is 19.0. The molecule has 1 unspecified atom stereocenters. The van der Waals surface area contributed by atoms with Gasteiger partial charge in [-0.05, 0) is 25.5 Å². The molecule has 0 spiro atoms. The highest BCUT2D eigenvalue weighted by Crippen LogP contribution is 2.18. The zero-order chi connectivity index (χ0) is 13.0. The first-order chi connectivity index (χ1) is 8.74. The van der Waals surface area contributed by atoms with E-state index in [1.807, 2.05) is 0 Å². The molecule has 18 heavy (non-hydrogen) atoms. The van der Waals surface area contributed by atoms with Crippen LogP contribution in [0.2, 0.25) is 0 Å². The SMILES string of the molecule is CCOC(=O)c1ccc(N2CCC(OC)C2)nn1. The van der Waals surface area contributed by atoms with E-state index in [2.05, 4.69) is 15.1 Å². The van der Waals surface area contributed by atoms with Crippen molar-refractivity contribution in [1.82, 2.24) is 10.2 Å². The predicted molar refractivity (Wildman–Crippen MR) is 65.6 cm³/mol. The zero-order valence-corrected chi connectivity index (χ0v) is 10.6. The van der Waals surface area contributed by atoms with Gasteiger partial charge < -0.3 is 14.4 Å². The average Bonchev–Trinajstić information content (AvgIpc) is 2.88. The highest BCUT2D eigenvalue weighted by atomic mass is 16.5. The van der Waals surface area contributed by atoms with Gasteiger partial charge in [-0.15, -0.1) is 10.2 Å². The standard InChI is InChI=1S/C12H17N3O3/c1-3-18-12(16)10-4-5-11(14-13-10)15-7-6-9(8-15)17-2/h4-5,9H,3,6-8H2,1-2H3. The van der Waals surface area contributed by atoms with Crippen LogP contribution in [-0.2, 0) is 9.47 Å². The molecule has 0 saturated carbocycles. The molecule has 1 aliphatic heterocycles. The van der Waals surface area contributed by atoms with Gasteiger partial charge in [0.2, 0.25) is 0 Å². The Morgan fingerprint density at radius 2 is 2.33 bits per heavy atom. The number of rotatable bonds is 4. The molecule has 0 radical (unpaired) electrons. The maximum absolute atomic E-state index is 11.4. The van der Waals surface area contributed by atoms with Crippen molar-refractivity contribution in [3.05, 3.63) is 17.8 Å². The lowest BCUT2D eigenvalue weighted by Gasteiger charge is -2.16. The van der Waals surface area contributed by atoms with E-state index in [0.29, 0.717) is 6.61 Å². The Morgan fingerprint density at radius 1 is 1.50 bits per heavy atom. The van der Waals surface area contributed by atoms with Gasteiger partial charge >= 0.3 is 5.97 Å². The molecular weight excluding hydrogens is 234 g/mol. The fraction of sp³-hybridized carbons (Fsp3) is 0.583. The molecule has 1 aromatic rings. The van der Waals surface area contributed by atoms with Crippen LogP contribution in [0, 0.1) is 0 Å². The Labute approximate surface area is 106 Å². The summed E-state index contributed by atoms with van der Waals surface area (Å²) in [4.78, 5) is 13.5. The minimum absolute atomic E-state index is 0.239. The second-order valence-corrected chi connectivity index (χ2v) is 4.09. The fourth-order valence-electron chi connectivity index (χ4n) is 1.94. The van der Waals surface area contributed by atoms with Crippen molar-refractivity contribution < 1.29 is 14.3 Å². The quantitative estimate of drug-likeness (QED) is 0.740. The number of ether oxygens (including phenoxy) is 2. The summed E-state index contributed by atoms with van der Waals surface area (Å²) < 4.78 is 10.1. The van der Waals surface area contributed by atoms with Crippen molar-refractivity contribution in [2.24, 2.45) is 0 Å². The Morgan fingerprint density at radius 3 is 2.89 bits per heavy atom. The summed E-state index contributed by atoms with van der Waals surface area (Å²) in [5.74, 6) is 0.329. The second kappa shape index (κ2) is 5.77. The first-order valence-corrected chi connectivity index (χ1v) is 6.03. The summed E-state index contributed by atoms with van der Waals surface area (Å²) in [6.45, 7) is 3.80.